The Balaban J connectivity index is 1.99. The largest absolute Gasteiger partial charge is 0.467 e. The van der Waals surface area contributed by atoms with E-state index in [-0.39, 0.29) is 11.9 Å². The van der Waals surface area contributed by atoms with Crippen LogP contribution in [0.15, 0.2) is 34.9 Å². The van der Waals surface area contributed by atoms with E-state index in [0.717, 1.165) is 17.6 Å². The number of aromatic nitrogens is 2. The van der Waals surface area contributed by atoms with Crippen molar-refractivity contribution in [3.63, 3.8) is 0 Å². The molecule has 1 amide bonds. The lowest BCUT2D eigenvalue weighted by atomic mass is 10.2. The average molecular weight is 449 g/mol. The first-order valence-electron chi connectivity index (χ1n) is 10.1. The van der Waals surface area contributed by atoms with Gasteiger partial charge in [0.05, 0.1) is 23.3 Å². The van der Waals surface area contributed by atoms with Gasteiger partial charge in [0.1, 0.15) is 17.4 Å². The van der Waals surface area contributed by atoms with E-state index in [1.165, 1.54) is 0 Å². The van der Waals surface area contributed by atoms with Gasteiger partial charge in [0, 0.05) is 35.8 Å². The molecule has 0 bridgehead atoms. The van der Waals surface area contributed by atoms with E-state index in [0.29, 0.717) is 53.1 Å². The summed E-state index contributed by atoms with van der Waals surface area (Å²) in [6, 6.07) is 7.37. The van der Waals surface area contributed by atoms with Crippen LogP contribution in [0.1, 0.15) is 45.2 Å². The van der Waals surface area contributed by atoms with Gasteiger partial charge >= 0.3 is 0 Å². The van der Waals surface area contributed by atoms with Crippen LogP contribution >= 0.6 is 23.2 Å². The van der Waals surface area contributed by atoms with Crippen LogP contribution in [0.3, 0.4) is 0 Å². The van der Waals surface area contributed by atoms with Gasteiger partial charge in [0.25, 0.3) is 0 Å². The monoisotopic (exact) mass is 448 g/mol. The molecule has 0 unspecified atom stereocenters. The number of furan rings is 1. The Morgan fingerprint density at radius 1 is 1.27 bits per heavy atom. The molecule has 0 saturated carbocycles. The second-order valence-corrected chi connectivity index (χ2v) is 8.07. The molecule has 160 valence electrons. The SMILES string of the molecule is CCc1nc(N(CCC(=O)N[C@@H](C)CC)Cc2ccco2)c2cc(Cl)cc(Cl)c2n1. The third-order valence-electron chi connectivity index (χ3n) is 4.92. The summed E-state index contributed by atoms with van der Waals surface area (Å²) in [7, 11) is 0. The molecule has 1 N–H and O–H groups in total. The van der Waals surface area contributed by atoms with E-state index in [1.807, 2.05) is 43.9 Å². The molecule has 0 fully saturated rings. The van der Waals surface area contributed by atoms with Crippen molar-refractivity contribution in [1.29, 1.82) is 0 Å². The average Bonchev–Trinajstić information content (AvgIpc) is 3.23. The van der Waals surface area contributed by atoms with Crippen LogP contribution in [0, 0.1) is 0 Å². The number of nitrogens with zero attached hydrogens (tertiary/aromatic N) is 3. The van der Waals surface area contributed by atoms with E-state index in [1.54, 1.807) is 12.3 Å². The third kappa shape index (κ3) is 5.43. The summed E-state index contributed by atoms with van der Waals surface area (Å²) in [5.74, 6) is 2.14. The molecule has 0 saturated heterocycles. The molecule has 3 aromatic rings. The van der Waals surface area contributed by atoms with Crippen LogP contribution in [0.5, 0.6) is 0 Å². The summed E-state index contributed by atoms with van der Waals surface area (Å²) >= 11 is 12.7. The van der Waals surface area contributed by atoms with Gasteiger partial charge in [-0.25, -0.2) is 9.97 Å². The van der Waals surface area contributed by atoms with Crippen molar-refractivity contribution in [2.24, 2.45) is 0 Å². The van der Waals surface area contributed by atoms with E-state index in [2.05, 4.69) is 10.3 Å². The number of hydrogen-bond acceptors (Lipinski definition) is 5. The number of amides is 1. The molecule has 30 heavy (non-hydrogen) atoms. The van der Waals surface area contributed by atoms with Crippen LogP contribution in [0.4, 0.5) is 5.82 Å². The minimum Gasteiger partial charge on any atom is -0.467 e. The molecule has 8 heteroatoms. The van der Waals surface area contributed by atoms with Gasteiger partial charge in [0.2, 0.25) is 5.91 Å². The molecule has 0 aliphatic rings. The Kier molecular flexibility index (Phi) is 7.56. The number of aryl methyl sites for hydroxylation is 1. The smallest absolute Gasteiger partial charge is 0.221 e. The minimum absolute atomic E-state index is 0.000985. The predicted octanol–water partition coefficient (Wildman–Crippen LogP) is 5.40. The van der Waals surface area contributed by atoms with Gasteiger partial charge in [-0.2, -0.15) is 0 Å². The minimum atomic E-state index is -0.000985. The van der Waals surface area contributed by atoms with E-state index >= 15 is 0 Å². The Bertz CT molecular complexity index is 1010. The van der Waals surface area contributed by atoms with Crippen molar-refractivity contribution in [2.45, 2.75) is 52.6 Å². The summed E-state index contributed by atoms with van der Waals surface area (Å²) < 4.78 is 5.55. The molecule has 1 atom stereocenters. The number of fused-ring (bicyclic) bond motifs is 1. The lowest BCUT2D eigenvalue weighted by Gasteiger charge is -2.25. The van der Waals surface area contributed by atoms with Crippen molar-refractivity contribution < 1.29 is 9.21 Å². The van der Waals surface area contributed by atoms with Gasteiger partial charge in [-0.05, 0) is 37.6 Å². The summed E-state index contributed by atoms with van der Waals surface area (Å²) in [5, 5.41) is 4.74. The summed E-state index contributed by atoms with van der Waals surface area (Å²) in [6.45, 7) is 6.95. The van der Waals surface area contributed by atoms with E-state index in [9.17, 15) is 4.79 Å². The highest BCUT2D eigenvalue weighted by atomic mass is 35.5. The van der Waals surface area contributed by atoms with Gasteiger partial charge in [0.15, 0.2) is 0 Å². The highest BCUT2D eigenvalue weighted by Crippen LogP contribution is 2.33. The zero-order valence-corrected chi connectivity index (χ0v) is 18.9. The fourth-order valence-electron chi connectivity index (χ4n) is 3.12. The summed E-state index contributed by atoms with van der Waals surface area (Å²) in [4.78, 5) is 23.8. The lowest BCUT2D eigenvalue weighted by Crippen LogP contribution is -2.35. The molecule has 0 spiro atoms. The Labute approximate surface area is 186 Å². The molecule has 0 aliphatic heterocycles. The number of nitrogens with one attached hydrogen (secondary N) is 1. The number of hydrogen-bond donors (Lipinski definition) is 1. The number of carbonyl (C=O) groups is 1. The third-order valence-corrected chi connectivity index (χ3v) is 5.42. The number of rotatable bonds is 9. The molecule has 6 nitrogen and oxygen atoms in total. The molecule has 2 heterocycles. The maximum atomic E-state index is 12.4. The van der Waals surface area contributed by atoms with Crippen LogP contribution in [0.2, 0.25) is 10.0 Å². The Morgan fingerprint density at radius 3 is 2.73 bits per heavy atom. The van der Waals surface area contributed by atoms with Crippen LogP contribution in [0.25, 0.3) is 10.9 Å². The number of halogens is 2. The zero-order valence-electron chi connectivity index (χ0n) is 17.4. The van der Waals surface area contributed by atoms with Gasteiger partial charge in [-0.3, -0.25) is 4.79 Å². The molecule has 0 radical (unpaired) electrons. The lowest BCUT2D eigenvalue weighted by molar-refractivity contribution is -0.121. The van der Waals surface area contributed by atoms with E-state index in [4.69, 9.17) is 32.6 Å². The highest BCUT2D eigenvalue weighted by molar-refractivity contribution is 6.38. The first-order valence-corrected chi connectivity index (χ1v) is 10.9. The Morgan fingerprint density at radius 2 is 2.07 bits per heavy atom. The maximum absolute atomic E-state index is 12.4. The zero-order chi connectivity index (χ0) is 21.7. The van der Waals surface area contributed by atoms with Gasteiger partial charge in [-0.1, -0.05) is 37.0 Å². The second-order valence-electron chi connectivity index (χ2n) is 7.23. The predicted molar refractivity (Wildman–Crippen MR) is 121 cm³/mol. The fourth-order valence-corrected chi connectivity index (χ4v) is 3.66. The topological polar surface area (TPSA) is 71.3 Å². The molecule has 0 aliphatic carbocycles. The summed E-state index contributed by atoms with van der Waals surface area (Å²) in [5.41, 5.74) is 0.649. The first-order chi connectivity index (χ1) is 14.4. The maximum Gasteiger partial charge on any atom is 0.221 e. The molecular weight excluding hydrogens is 423 g/mol. The van der Waals surface area contributed by atoms with Crippen molar-refractivity contribution >= 4 is 45.8 Å². The molecular formula is C22H26Cl2N4O2. The van der Waals surface area contributed by atoms with Crippen molar-refractivity contribution in [3.05, 3.63) is 52.2 Å². The van der Waals surface area contributed by atoms with Crippen molar-refractivity contribution in [1.82, 2.24) is 15.3 Å². The van der Waals surface area contributed by atoms with Gasteiger partial charge < -0.3 is 14.6 Å². The summed E-state index contributed by atoms with van der Waals surface area (Å²) in [6.07, 6.45) is 3.50. The molecule has 2 aromatic heterocycles. The van der Waals surface area contributed by atoms with Gasteiger partial charge in [-0.15, -0.1) is 0 Å². The first kappa shape index (κ1) is 22.4. The number of benzene rings is 1. The van der Waals surface area contributed by atoms with Crippen molar-refractivity contribution in [3.8, 4) is 0 Å². The fraction of sp³-hybridized carbons (Fsp3) is 0.409. The normalized spacial score (nSPS) is 12.2. The quantitative estimate of drug-likeness (QED) is 0.474. The van der Waals surface area contributed by atoms with Crippen molar-refractivity contribution in [2.75, 3.05) is 11.4 Å². The van der Waals surface area contributed by atoms with Crippen LogP contribution < -0.4 is 10.2 Å². The molecule has 3 rings (SSSR count). The number of anilines is 1. The standard InChI is InChI=1S/C22H26Cl2N4O2/c1-4-14(3)25-20(29)8-9-28(13-16-7-6-10-30-16)22-17-11-15(23)12-18(24)21(17)26-19(5-2)27-22/h6-7,10-12,14H,4-5,8-9,13H2,1-3H3,(H,25,29)/t14-/m0/s1. The highest BCUT2D eigenvalue weighted by Gasteiger charge is 2.19. The van der Waals surface area contributed by atoms with Crippen LogP contribution in [-0.4, -0.2) is 28.5 Å². The molecule has 1 aromatic carbocycles. The Hall–Kier alpha value is -2.31. The number of carbonyl (C=O) groups excluding carboxylic acids is 1. The van der Waals surface area contributed by atoms with E-state index < -0.39 is 0 Å². The van der Waals surface area contributed by atoms with Crippen LogP contribution in [-0.2, 0) is 17.8 Å². The second kappa shape index (κ2) is 10.1.